The van der Waals surface area contributed by atoms with E-state index in [1.54, 1.807) is 6.07 Å². The Bertz CT molecular complexity index is 463. The average Bonchev–Trinajstić information content (AvgIpc) is 2.82. The zero-order valence-electron chi connectivity index (χ0n) is 10.5. The number of carbonyl (C=O) groups excluding carboxylic acids is 1. The highest BCUT2D eigenvalue weighted by molar-refractivity contribution is 5.83. The minimum absolute atomic E-state index is 0.0825. The quantitative estimate of drug-likeness (QED) is 0.794. The van der Waals surface area contributed by atoms with E-state index in [2.05, 4.69) is 5.32 Å². The van der Waals surface area contributed by atoms with Gasteiger partial charge in [0.25, 0.3) is 5.91 Å². The molecule has 0 radical (unpaired) electrons. The predicted molar refractivity (Wildman–Crippen MR) is 66.0 cm³/mol. The molecular weight excluding hydrogens is 250 g/mol. The van der Waals surface area contributed by atoms with Gasteiger partial charge in [0, 0.05) is 13.5 Å². The fourth-order valence-corrected chi connectivity index (χ4v) is 1.91. The number of methoxy groups -OCH3 is 1. The van der Waals surface area contributed by atoms with Gasteiger partial charge in [0.2, 0.25) is 0 Å². The average molecular weight is 265 g/mol. The van der Waals surface area contributed by atoms with Crippen molar-refractivity contribution in [1.29, 1.82) is 0 Å². The molecule has 1 amide bonds. The van der Waals surface area contributed by atoms with Crippen molar-refractivity contribution in [3.8, 4) is 5.75 Å². The van der Waals surface area contributed by atoms with Crippen LogP contribution in [-0.2, 0) is 20.7 Å². The van der Waals surface area contributed by atoms with Crippen molar-refractivity contribution < 1.29 is 24.2 Å². The molecule has 2 rings (SSSR count). The Hall–Kier alpha value is -2.08. The molecule has 1 aliphatic rings. The number of carbonyl (C=O) groups is 2. The number of carboxylic acid groups (broad SMARTS) is 1. The molecule has 0 spiro atoms. The van der Waals surface area contributed by atoms with Gasteiger partial charge in [-0.25, -0.2) is 4.79 Å². The molecule has 2 atom stereocenters. The second-order valence-electron chi connectivity index (χ2n) is 4.23. The first-order valence-corrected chi connectivity index (χ1v) is 5.89. The van der Waals surface area contributed by atoms with Crippen LogP contribution in [0.1, 0.15) is 5.56 Å². The summed E-state index contributed by atoms with van der Waals surface area (Å²) in [6, 6.07) is 7.42. The summed E-state index contributed by atoms with van der Waals surface area (Å²) in [5.41, 5.74) is 0.976. The zero-order valence-corrected chi connectivity index (χ0v) is 10.5. The number of carboxylic acids is 1. The molecule has 102 valence electrons. The van der Waals surface area contributed by atoms with Gasteiger partial charge in [-0.1, -0.05) is 18.2 Å². The third kappa shape index (κ3) is 3.03. The van der Waals surface area contributed by atoms with Crippen LogP contribution >= 0.6 is 0 Å². The van der Waals surface area contributed by atoms with E-state index < -0.39 is 18.2 Å². The lowest BCUT2D eigenvalue weighted by molar-refractivity contribution is -0.148. The summed E-state index contributed by atoms with van der Waals surface area (Å²) >= 11 is 0. The van der Waals surface area contributed by atoms with Crippen molar-refractivity contribution >= 4 is 11.9 Å². The van der Waals surface area contributed by atoms with Crippen molar-refractivity contribution in [2.75, 3.05) is 13.7 Å². The lowest BCUT2D eigenvalue weighted by Gasteiger charge is -2.14. The summed E-state index contributed by atoms with van der Waals surface area (Å²) < 4.78 is 10.2. The molecule has 0 bridgehead atoms. The fraction of sp³-hybridized carbons (Fsp3) is 0.385. The van der Waals surface area contributed by atoms with Gasteiger partial charge in [-0.05, 0) is 11.6 Å². The molecule has 0 aliphatic carbocycles. The lowest BCUT2D eigenvalue weighted by atomic mass is 10.1. The number of para-hydroxylation sites is 1. The summed E-state index contributed by atoms with van der Waals surface area (Å²) in [7, 11) is 1.28. The lowest BCUT2D eigenvalue weighted by Crippen LogP contribution is -2.43. The van der Waals surface area contributed by atoms with E-state index in [0.29, 0.717) is 12.2 Å². The van der Waals surface area contributed by atoms with Gasteiger partial charge >= 0.3 is 5.97 Å². The van der Waals surface area contributed by atoms with Crippen LogP contribution in [-0.4, -0.2) is 42.8 Å². The third-order valence-corrected chi connectivity index (χ3v) is 2.96. The summed E-state index contributed by atoms with van der Waals surface area (Å²) in [6.45, 7) is -0.0825. The molecule has 0 aromatic heterocycles. The maximum absolute atomic E-state index is 11.9. The smallest absolute Gasteiger partial charge is 0.334 e. The van der Waals surface area contributed by atoms with Crippen LogP contribution < -0.4 is 10.1 Å². The Balaban J connectivity index is 1.88. The van der Waals surface area contributed by atoms with Crippen LogP contribution in [0.4, 0.5) is 0 Å². The molecule has 1 aromatic carbocycles. The topological polar surface area (TPSA) is 84.9 Å². The van der Waals surface area contributed by atoms with Gasteiger partial charge in [0.1, 0.15) is 5.75 Å². The highest BCUT2D eigenvalue weighted by Gasteiger charge is 2.29. The molecule has 19 heavy (non-hydrogen) atoms. The molecule has 6 nitrogen and oxygen atoms in total. The summed E-state index contributed by atoms with van der Waals surface area (Å²) in [5.74, 6) is -0.748. The van der Waals surface area contributed by atoms with E-state index in [9.17, 15) is 9.59 Å². The number of aliphatic carboxylic acids is 1. The van der Waals surface area contributed by atoms with E-state index >= 15 is 0 Å². The van der Waals surface area contributed by atoms with Gasteiger partial charge < -0.3 is 19.9 Å². The number of amides is 1. The summed E-state index contributed by atoms with van der Waals surface area (Å²) in [6.07, 6.45) is -1.16. The first-order chi connectivity index (χ1) is 9.11. The molecule has 0 saturated carbocycles. The number of fused-ring (bicyclic) bond motifs is 1. The Labute approximate surface area is 110 Å². The summed E-state index contributed by atoms with van der Waals surface area (Å²) in [5, 5.41) is 11.3. The van der Waals surface area contributed by atoms with Gasteiger partial charge in [0.05, 0.1) is 6.54 Å². The van der Waals surface area contributed by atoms with Crippen molar-refractivity contribution in [1.82, 2.24) is 5.32 Å². The molecule has 0 saturated heterocycles. The Kier molecular flexibility index (Phi) is 4.01. The molecule has 2 N–H and O–H groups in total. The van der Waals surface area contributed by atoms with Crippen molar-refractivity contribution in [3.05, 3.63) is 29.8 Å². The van der Waals surface area contributed by atoms with E-state index in [4.69, 9.17) is 14.6 Å². The number of nitrogens with one attached hydrogen (secondary N) is 1. The molecular formula is C13H15NO5. The largest absolute Gasteiger partial charge is 0.480 e. The Morgan fingerprint density at radius 2 is 2.26 bits per heavy atom. The minimum Gasteiger partial charge on any atom is -0.480 e. The third-order valence-electron chi connectivity index (χ3n) is 2.96. The van der Waals surface area contributed by atoms with Crippen LogP contribution in [0.3, 0.4) is 0 Å². The van der Waals surface area contributed by atoms with Gasteiger partial charge in [0.15, 0.2) is 12.2 Å². The number of rotatable bonds is 5. The van der Waals surface area contributed by atoms with Gasteiger partial charge in [-0.2, -0.15) is 0 Å². The number of hydrogen-bond donors (Lipinski definition) is 2. The second kappa shape index (κ2) is 5.71. The van der Waals surface area contributed by atoms with Crippen LogP contribution in [0.25, 0.3) is 0 Å². The highest BCUT2D eigenvalue weighted by atomic mass is 16.5. The minimum atomic E-state index is -1.11. The molecule has 1 aromatic rings. The maximum atomic E-state index is 11.9. The molecule has 6 heteroatoms. The van der Waals surface area contributed by atoms with Crippen molar-refractivity contribution in [2.45, 2.75) is 18.6 Å². The molecule has 1 aliphatic heterocycles. The standard InChI is InChI=1S/C13H15NO5/c1-18-11(13(16)17)7-14-12(15)10-6-8-4-2-3-5-9(8)19-10/h2-5,10-11H,6-7H2,1H3,(H,14,15)(H,16,17). The predicted octanol–water partition coefficient (Wildman–Crippen LogP) is 0.206. The molecule has 2 unspecified atom stereocenters. The highest BCUT2D eigenvalue weighted by Crippen LogP contribution is 2.27. The SMILES string of the molecule is COC(CNC(=O)C1Cc2ccccc2O1)C(=O)O. The molecule has 1 heterocycles. The van der Waals surface area contributed by atoms with Crippen LogP contribution in [0.5, 0.6) is 5.75 Å². The van der Waals surface area contributed by atoms with Crippen LogP contribution in [0, 0.1) is 0 Å². The monoisotopic (exact) mass is 265 g/mol. The van der Waals surface area contributed by atoms with E-state index in [-0.39, 0.29) is 12.5 Å². The Morgan fingerprint density at radius 3 is 2.89 bits per heavy atom. The van der Waals surface area contributed by atoms with E-state index in [0.717, 1.165) is 5.56 Å². The van der Waals surface area contributed by atoms with Gasteiger partial charge in [-0.3, -0.25) is 4.79 Å². The second-order valence-corrected chi connectivity index (χ2v) is 4.23. The van der Waals surface area contributed by atoms with Crippen molar-refractivity contribution in [3.63, 3.8) is 0 Å². The molecule has 0 fully saturated rings. The van der Waals surface area contributed by atoms with Crippen LogP contribution in [0.15, 0.2) is 24.3 Å². The number of benzene rings is 1. The fourth-order valence-electron chi connectivity index (χ4n) is 1.91. The van der Waals surface area contributed by atoms with Gasteiger partial charge in [-0.15, -0.1) is 0 Å². The number of ether oxygens (including phenoxy) is 2. The van der Waals surface area contributed by atoms with E-state index in [1.165, 1.54) is 7.11 Å². The summed E-state index contributed by atoms with van der Waals surface area (Å²) in [4.78, 5) is 22.6. The normalized spacial score (nSPS) is 18.3. The van der Waals surface area contributed by atoms with E-state index in [1.807, 2.05) is 18.2 Å². The van der Waals surface area contributed by atoms with Crippen LogP contribution in [0.2, 0.25) is 0 Å². The number of hydrogen-bond acceptors (Lipinski definition) is 4. The first kappa shape index (κ1) is 13.4. The first-order valence-electron chi connectivity index (χ1n) is 5.89. The zero-order chi connectivity index (χ0) is 13.8. The van der Waals surface area contributed by atoms with Crippen molar-refractivity contribution in [2.24, 2.45) is 0 Å². The maximum Gasteiger partial charge on any atom is 0.334 e. The Morgan fingerprint density at radius 1 is 1.53 bits per heavy atom.